The fraction of sp³-hybridized carbons (Fsp3) is 0.188. The number of halogens is 2. The molecule has 2 aromatic heterocycles. The van der Waals surface area contributed by atoms with Crippen LogP contribution in [0.5, 0.6) is 0 Å². The Balaban J connectivity index is 2.14. The van der Waals surface area contributed by atoms with E-state index in [0.717, 1.165) is 11.6 Å². The zero-order chi connectivity index (χ0) is 16.4. The van der Waals surface area contributed by atoms with Crippen molar-refractivity contribution in [3.63, 3.8) is 0 Å². The summed E-state index contributed by atoms with van der Waals surface area (Å²) in [6.07, 6.45) is 3.90. The Bertz CT molecular complexity index is 800. The maximum atomic E-state index is 13.6. The van der Waals surface area contributed by atoms with Crippen LogP contribution in [0.2, 0.25) is 0 Å². The molecule has 4 nitrogen and oxygen atoms in total. The summed E-state index contributed by atoms with van der Waals surface area (Å²) in [7, 11) is 0. The number of nitrogens with zero attached hydrogens (tertiary/aromatic N) is 4. The normalized spacial score (nSPS) is 12.3. The van der Waals surface area contributed by atoms with Crippen molar-refractivity contribution in [2.45, 2.75) is 24.5 Å². The van der Waals surface area contributed by atoms with Gasteiger partial charge in [-0.3, -0.25) is 9.55 Å². The van der Waals surface area contributed by atoms with Crippen molar-refractivity contribution in [1.82, 2.24) is 19.7 Å². The lowest BCUT2D eigenvalue weighted by Crippen LogP contribution is -2.12. The first kappa shape index (κ1) is 15.6. The Morgan fingerprint density at radius 1 is 1.09 bits per heavy atom. The van der Waals surface area contributed by atoms with Gasteiger partial charge >= 0.3 is 0 Å². The molecule has 0 spiro atoms. The Kier molecular flexibility index (Phi) is 4.38. The molecule has 1 unspecified atom stereocenters. The van der Waals surface area contributed by atoms with Crippen LogP contribution in [0.4, 0.5) is 8.78 Å². The minimum atomic E-state index is -0.613. The summed E-state index contributed by atoms with van der Waals surface area (Å²) in [6.45, 7) is 1.93. The molecule has 0 aliphatic heterocycles. The Morgan fingerprint density at radius 2 is 1.74 bits per heavy atom. The summed E-state index contributed by atoms with van der Waals surface area (Å²) >= 11 is 4.35. The molecule has 0 N–H and O–H groups in total. The minimum Gasteiger partial charge on any atom is -0.295 e. The van der Waals surface area contributed by atoms with E-state index in [9.17, 15) is 8.78 Å². The summed E-state index contributed by atoms with van der Waals surface area (Å²) in [6, 6.07) is 6.76. The molecule has 0 radical (unpaired) electrons. The molecule has 1 atom stereocenters. The first-order valence-electron chi connectivity index (χ1n) is 7.10. The maximum absolute atomic E-state index is 13.6. The second-order valence-corrected chi connectivity index (χ2v) is 5.46. The molecule has 0 saturated heterocycles. The third-order valence-corrected chi connectivity index (χ3v) is 3.89. The van der Waals surface area contributed by atoms with Crippen molar-refractivity contribution < 1.29 is 8.78 Å². The smallest absolute Gasteiger partial charge is 0.188 e. The van der Waals surface area contributed by atoms with Crippen LogP contribution in [0.1, 0.15) is 24.9 Å². The van der Waals surface area contributed by atoms with E-state index in [4.69, 9.17) is 0 Å². The van der Waals surface area contributed by atoms with Gasteiger partial charge in [-0.25, -0.2) is 8.78 Å². The van der Waals surface area contributed by atoms with Gasteiger partial charge < -0.3 is 0 Å². The van der Waals surface area contributed by atoms with Crippen molar-refractivity contribution in [3.05, 3.63) is 59.9 Å². The molecule has 0 aliphatic rings. The first-order chi connectivity index (χ1) is 11.1. The highest BCUT2D eigenvalue weighted by Gasteiger charge is 2.21. The second kappa shape index (κ2) is 6.45. The highest BCUT2D eigenvalue weighted by atomic mass is 32.1. The van der Waals surface area contributed by atoms with Gasteiger partial charge in [0.2, 0.25) is 0 Å². The predicted octanol–water partition coefficient (Wildman–Crippen LogP) is 3.91. The summed E-state index contributed by atoms with van der Waals surface area (Å²) < 4.78 is 28.9. The van der Waals surface area contributed by atoms with Gasteiger partial charge in [0, 0.05) is 24.0 Å². The zero-order valence-corrected chi connectivity index (χ0v) is 13.2. The lowest BCUT2D eigenvalue weighted by atomic mass is 10.0. The molecule has 0 saturated carbocycles. The number of hydrogen-bond donors (Lipinski definition) is 1. The zero-order valence-electron chi connectivity index (χ0n) is 12.3. The standard InChI is InChI=1S/C16H14F2N4S/c1-2-14(11-7-12(17)9-13(18)8-11)22-15(20-21-16(22)23)10-3-5-19-6-4-10/h3-9,14H,2H2,1H3,(H,21,23). The molecule has 3 aromatic rings. The number of pyridine rings is 1. The second-order valence-electron chi connectivity index (χ2n) is 5.06. The monoisotopic (exact) mass is 332 g/mol. The van der Waals surface area contributed by atoms with Gasteiger partial charge in [-0.1, -0.05) is 6.92 Å². The molecule has 0 aliphatic carbocycles. The van der Waals surface area contributed by atoms with Crippen molar-refractivity contribution in [3.8, 4) is 11.4 Å². The maximum Gasteiger partial charge on any atom is 0.188 e. The minimum absolute atomic E-state index is 0.328. The molecule has 7 heteroatoms. The van der Waals surface area contributed by atoms with E-state index in [0.29, 0.717) is 23.0 Å². The molecule has 1 aromatic carbocycles. The number of rotatable bonds is 4. The van der Waals surface area contributed by atoms with E-state index in [1.807, 2.05) is 6.92 Å². The van der Waals surface area contributed by atoms with Gasteiger partial charge in [-0.15, -0.1) is 22.8 Å². The molecule has 3 rings (SSSR count). The van der Waals surface area contributed by atoms with Crippen LogP contribution in [0, 0.1) is 11.6 Å². The number of aromatic nitrogens is 4. The van der Waals surface area contributed by atoms with Gasteiger partial charge in [0.1, 0.15) is 11.6 Å². The van der Waals surface area contributed by atoms with E-state index >= 15 is 0 Å². The molecule has 23 heavy (non-hydrogen) atoms. The van der Waals surface area contributed by atoms with Gasteiger partial charge in [-0.2, -0.15) is 0 Å². The van der Waals surface area contributed by atoms with Crippen LogP contribution in [0.3, 0.4) is 0 Å². The van der Waals surface area contributed by atoms with Crippen LogP contribution >= 0.6 is 12.6 Å². The summed E-state index contributed by atoms with van der Waals surface area (Å²) in [5.41, 5.74) is 1.32. The third-order valence-electron chi connectivity index (χ3n) is 3.58. The highest BCUT2D eigenvalue weighted by Crippen LogP contribution is 2.31. The quantitative estimate of drug-likeness (QED) is 0.737. The molecule has 0 bridgehead atoms. The first-order valence-corrected chi connectivity index (χ1v) is 7.55. The van der Waals surface area contributed by atoms with Gasteiger partial charge in [-0.05, 0) is 36.2 Å². The third kappa shape index (κ3) is 3.10. The van der Waals surface area contributed by atoms with Crippen LogP contribution < -0.4 is 0 Å². The summed E-state index contributed by atoms with van der Waals surface area (Å²) in [5.74, 6) is -0.649. The summed E-state index contributed by atoms with van der Waals surface area (Å²) in [4.78, 5) is 3.98. The van der Waals surface area contributed by atoms with Crippen molar-refractivity contribution in [2.24, 2.45) is 0 Å². The van der Waals surface area contributed by atoms with Crippen molar-refractivity contribution >= 4 is 12.6 Å². The van der Waals surface area contributed by atoms with Gasteiger partial charge in [0.05, 0.1) is 6.04 Å². The SMILES string of the molecule is CCC(c1cc(F)cc(F)c1)n1c(S)nnc1-c1ccncc1. The van der Waals surface area contributed by atoms with Crippen LogP contribution in [-0.2, 0) is 0 Å². The van der Waals surface area contributed by atoms with Crippen LogP contribution in [-0.4, -0.2) is 19.7 Å². The molecule has 0 amide bonds. The van der Waals surface area contributed by atoms with E-state index < -0.39 is 11.6 Å². The number of hydrogen-bond acceptors (Lipinski definition) is 4. The molecule has 2 heterocycles. The van der Waals surface area contributed by atoms with E-state index in [1.54, 1.807) is 29.1 Å². The summed E-state index contributed by atoms with van der Waals surface area (Å²) in [5, 5.41) is 8.53. The van der Waals surface area contributed by atoms with E-state index in [2.05, 4.69) is 27.8 Å². The van der Waals surface area contributed by atoms with Crippen LogP contribution in [0.25, 0.3) is 11.4 Å². The average molecular weight is 332 g/mol. The Morgan fingerprint density at radius 3 is 2.35 bits per heavy atom. The molecular formula is C16H14F2N4S. The topological polar surface area (TPSA) is 43.6 Å². The molecular weight excluding hydrogens is 318 g/mol. The van der Waals surface area contributed by atoms with Gasteiger partial charge in [0.15, 0.2) is 11.0 Å². The Labute approximate surface area is 137 Å². The average Bonchev–Trinajstić information content (AvgIpc) is 2.90. The largest absolute Gasteiger partial charge is 0.295 e. The fourth-order valence-electron chi connectivity index (χ4n) is 2.60. The fourth-order valence-corrected chi connectivity index (χ4v) is 2.88. The lowest BCUT2D eigenvalue weighted by molar-refractivity contribution is 0.515. The van der Waals surface area contributed by atoms with E-state index in [1.165, 1.54) is 12.1 Å². The van der Waals surface area contributed by atoms with Crippen molar-refractivity contribution in [1.29, 1.82) is 0 Å². The van der Waals surface area contributed by atoms with Crippen LogP contribution in [0.15, 0.2) is 47.9 Å². The van der Waals surface area contributed by atoms with Crippen molar-refractivity contribution in [2.75, 3.05) is 0 Å². The predicted molar refractivity (Wildman–Crippen MR) is 85.3 cm³/mol. The number of benzene rings is 1. The number of thiol groups is 1. The molecule has 0 fully saturated rings. The highest BCUT2D eigenvalue weighted by molar-refractivity contribution is 7.80. The van der Waals surface area contributed by atoms with Gasteiger partial charge in [0.25, 0.3) is 0 Å². The lowest BCUT2D eigenvalue weighted by Gasteiger charge is -2.20. The Hall–Kier alpha value is -2.28. The van der Waals surface area contributed by atoms with E-state index in [-0.39, 0.29) is 6.04 Å². The molecule has 118 valence electrons.